The third kappa shape index (κ3) is 4.36. The highest BCUT2D eigenvalue weighted by Crippen LogP contribution is 2.17. The highest BCUT2D eigenvalue weighted by molar-refractivity contribution is 5.50. The van der Waals surface area contributed by atoms with Gasteiger partial charge in [-0.15, -0.1) is 0 Å². The number of hydrogen-bond acceptors (Lipinski definition) is 3. The lowest BCUT2D eigenvalue weighted by molar-refractivity contribution is 0.0846. The van der Waals surface area contributed by atoms with Gasteiger partial charge in [0.05, 0.1) is 12.7 Å². The number of nitrogens with zero attached hydrogens (tertiary/aromatic N) is 1. The summed E-state index contributed by atoms with van der Waals surface area (Å²) < 4.78 is 5.55. The van der Waals surface area contributed by atoms with Crippen molar-refractivity contribution < 1.29 is 4.74 Å². The molecule has 0 saturated carbocycles. The maximum atomic E-state index is 5.66. The minimum atomic E-state index is 0.296. The molecule has 0 amide bonds. The second kappa shape index (κ2) is 6.62. The zero-order valence-corrected chi connectivity index (χ0v) is 11.4. The van der Waals surface area contributed by atoms with Gasteiger partial charge in [0.15, 0.2) is 0 Å². The first-order valence-corrected chi connectivity index (χ1v) is 6.17. The summed E-state index contributed by atoms with van der Waals surface area (Å²) in [4.78, 5) is 2.20. The molecule has 0 unspecified atom stereocenters. The Labute approximate surface area is 105 Å². The van der Waals surface area contributed by atoms with Gasteiger partial charge in [-0.05, 0) is 44.0 Å². The molecule has 1 aromatic carbocycles. The predicted molar refractivity (Wildman–Crippen MR) is 73.4 cm³/mol. The van der Waals surface area contributed by atoms with Crippen LogP contribution < -0.4 is 10.6 Å². The van der Waals surface area contributed by atoms with Crippen LogP contribution in [0.1, 0.15) is 25.0 Å². The topological polar surface area (TPSA) is 38.5 Å². The van der Waals surface area contributed by atoms with Gasteiger partial charge in [-0.3, -0.25) is 0 Å². The van der Waals surface area contributed by atoms with Gasteiger partial charge >= 0.3 is 0 Å². The molecule has 3 nitrogen and oxygen atoms in total. The molecule has 3 heteroatoms. The lowest BCUT2D eigenvalue weighted by atomic mass is 10.1. The molecule has 0 aliphatic heterocycles. The average Bonchev–Trinajstić information content (AvgIpc) is 2.28. The molecule has 0 aliphatic rings. The molecule has 17 heavy (non-hydrogen) atoms. The summed E-state index contributed by atoms with van der Waals surface area (Å²) in [6.07, 6.45) is 0.296. The largest absolute Gasteiger partial charge is 0.377 e. The van der Waals surface area contributed by atoms with Gasteiger partial charge in [0.1, 0.15) is 0 Å². The van der Waals surface area contributed by atoms with Crippen molar-refractivity contribution in [2.45, 2.75) is 33.4 Å². The van der Waals surface area contributed by atoms with Crippen LogP contribution in [0.4, 0.5) is 5.69 Å². The van der Waals surface area contributed by atoms with Crippen molar-refractivity contribution in [3.05, 3.63) is 29.3 Å². The average molecular weight is 236 g/mol. The highest BCUT2D eigenvalue weighted by atomic mass is 16.5. The van der Waals surface area contributed by atoms with Crippen molar-refractivity contribution in [3.63, 3.8) is 0 Å². The summed E-state index contributed by atoms with van der Waals surface area (Å²) in [7, 11) is 2.08. The molecular formula is C14H24N2O. The Bertz CT molecular complexity index is 350. The summed E-state index contributed by atoms with van der Waals surface area (Å²) >= 11 is 0. The van der Waals surface area contributed by atoms with Gasteiger partial charge in [-0.2, -0.15) is 0 Å². The van der Waals surface area contributed by atoms with Crippen LogP contribution in [0.25, 0.3) is 0 Å². The molecule has 0 radical (unpaired) electrons. The molecular weight excluding hydrogens is 212 g/mol. The molecule has 0 aromatic heterocycles. The smallest absolute Gasteiger partial charge is 0.0644 e. The maximum absolute atomic E-state index is 5.66. The minimum Gasteiger partial charge on any atom is -0.377 e. The molecule has 1 aromatic rings. The lowest BCUT2D eigenvalue weighted by Crippen LogP contribution is -2.24. The van der Waals surface area contributed by atoms with Crippen molar-refractivity contribution in [2.24, 2.45) is 5.73 Å². The normalized spacial score (nSPS) is 10.9. The van der Waals surface area contributed by atoms with Crippen molar-refractivity contribution in [3.8, 4) is 0 Å². The molecule has 0 heterocycles. The summed E-state index contributed by atoms with van der Waals surface area (Å²) in [5, 5.41) is 0. The first kappa shape index (κ1) is 14.0. The maximum Gasteiger partial charge on any atom is 0.0644 e. The summed E-state index contributed by atoms with van der Waals surface area (Å²) in [6, 6.07) is 6.40. The van der Waals surface area contributed by atoms with Gasteiger partial charge in [0, 0.05) is 25.8 Å². The van der Waals surface area contributed by atoms with Crippen LogP contribution >= 0.6 is 0 Å². The fourth-order valence-corrected chi connectivity index (χ4v) is 1.70. The third-order valence-corrected chi connectivity index (χ3v) is 2.86. The van der Waals surface area contributed by atoms with E-state index in [1.807, 2.05) is 0 Å². The van der Waals surface area contributed by atoms with E-state index in [1.165, 1.54) is 16.8 Å². The first-order chi connectivity index (χ1) is 8.04. The number of benzene rings is 1. The first-order valence-electron chi connectivity index (χ1n) is 6.17. The Hall–Kier alpha value is -1.06. The van der Waals surface area contributed by atoms with Crippen molar-refractivity contribution in [2.75, 3.05) is 25.1 Å². The number of nitrogens with two attached hydrogens (primary N) is 1. The molecule has 0 saturated heterocycles. The van der Waals surface area contributed by atoms with E-state index in [9.17, 15) is 0 Å². The second-order valence-electron chi connectivity index (χ2n) is 4.66. The Morgan fingerprint density at radius 3 is 2.59 bits per heavy atom. The lowest BCUT2D eigenvalue weighted by Gasteiger charge is -2.21. The monoisotopic (exact) mass is 236 g/mol. The van der Waals surface area contributed by atoms with Gasteiger partial charge < -0.3 is 15.4 Å². The Kier molecular flexibility index (Phi) is 5.45. The van der Waals surface area contributed by atoms with E-state index in [4.69, 9.17) is 10.5 Å². The van der Waals surface area contributed by atoms with Crippen LogP contribution in [0.5, 0.6) is 0 Å². The van der Waals surface area contributed by atoms with E-state index in [2.05, 4.69) is 50.9 Å². The second-order valence-corrected chi connectivity index (χ2v) is 4.66. The third-order valence-electron chi connectivity index (χ3n) is 2.86. The van der Waals surface area contributed by atoms with E-state index in [1.54, 1.807) is 0 Å². The molecule has 96 valence electrons. The molecule has 1 rings (SSSR count). The van der Waals surface area contributed by atoms with Gasteiger partial charge in [0.2, 0.25) is 0 Å². The van der Waals surface area contributed by atoms with Crippen LogP contribution in [0.15, 0.2) is 18.2 Å². The van der Waals surface area contributed by atoms with Crippen molar-refractivity contribution >= 4 is 5.69 Å². The molecule has 0 atom stereocenters. The molecule has 0 fully saturated rings. The Morgan fingerprint density at radius 1 is 1.35 bits per heavy atom. The predicted octanol–water partition coefficient (Wildman–Crippen LogP) is 2.31. The SMILES string of the molecule is Cc1cc(N(C)CCOC(C)C)ccc1CN. The number of hydrogen-bond donors (Lipinski definition) is 1. The minimum absolute atomic E-state index is 0.296. The Balaban J connectivity index is 2.57. The van der Waals surface area contributed by atoms with E-state index in [-0.39, 0.29) is 0 Å². The van der Waals surface area contributed by atoms with Crippen LogP contribution in [-0.4, -0.2) is 26.3 Å². The number of ether oxygens (including phenoxy) is 1. The van der Waals surface area contributed by atoms with Gasteiger partial charge in [-0.1, -0.05) is 6.07 Å². The molecule has 0 spiro atoms. The van der Waals surface area contributed by atoms with Crippen molar-refractivity contribution in [1.29, 1.82) is 0 Å². The molecule has 0 bridgehead atoms. The van der Waals surface area contributed by atoms with Crippen LogP contribution in [-0.2, 0) is 11.3 Å². The Morgan fingerprint density at radius 2 is 2.06 bits per heavy atom. The van der Waals surface area contributed by atoms with Crippen LogP contribution in [0.3, 0.4) is 0 Å². The van der Waals surface area contributed by atoms with E-state index in [0.29, 0.717) is 12.6 Å². The zero-order valence-electron chi connectivity index (χ0n) is 11.4. The zero-order chi connectivity index (χ0) is 12.8. The summed E-state index contributed by atoms with van der Waals surface area (Å²) in [6.45, 7) is 8.47. The fraction of sp³-hybridized carbons (Fsp3) is 0.571. The van der Waals surface area contributed by atoms with Gasteiger partial charge in [0.25, 0.3) is 0 Å². The number of likely N-dealkylation sites (N-methyl/N-ethyl adjacent to an activating group) is 1. The molecule has 2 N–H and O–H groups in total. The molecule has 0 aliphatic carbocycles. The fourth-order valence-electron chi connectivity index (χ4n) is 1.70. The number of aryl methyl sites for hydroxylation is 1. The van der Waals surface area contributed by atoms with Gasteiger partial charge in [-0.25, -0.2) is 0 Å². The van der Waals surface area contributed by atoms with E-state index >= 15 is 0 Å². The van der Waals surface area contributed by atoms with Crippen LogP contribution in [0.2, 0.25) is 0 Å². The van der Waals surface area contributed by atoms with E-state index < -0.39 is 0 Å². The highest BCUT2D eigenvalue weighted by Gasteiger charge is 2.04. The standard InChI is InChI=1S/C14H24N2O/c1-11(2)17-8-7-16(4)14-6-5-13(10-15)12(3)9-14/h5-6,9,11H,7-8,10,15H2,1-4H3. The number of anilines is 1. The van der Waals surface area contributed by atoms with Crippen molar-refractivity contribution in [1.82, 2.24) is 0 Å². The summed E-state index contributed by atoms with van der Waals surface area (Å²) in [5.41, 5.74) is 9.33. The quantitative estimate of drug-likeness (QED) is 0.823. The number of rotatable bonds is 6. The van der Waals surface area contributed by atoms with Crippen LogP contribution in [0, 0.1) is 6.92 Å². The summed E-state index contributed by atoms with van der Waals surface area (Å²) in [5.74, 6) is 0. The van der Waals surface area contributed by atoms with E-state index in [0.717, 1.165) is 13.2 Å².